The first kappa shape index (κ1) is 20.0. The first-order valence-electron chi connectivity index (χ1n) is 8.33. The van der Waals surface area contributed by atoms with Crippen molar-refractivity contribution in [2.75, 3.05) is 0 Å². The summed E-state index contributed by atoms with van der Waals surface area (Å²) in [5, 5.41) is 0. The van der Waals surface area contributed by atoms with Crippen LogP contribution in [-0.4, -0.2) is 11.9 Å². The molecule has 0 saturated carbocycles. The van der Waals surface area contributed by atoms with Crippen LogP contribution in [0, 0.1) is 0 Å². The number of rotatable bonds is 7. The second kappa shape index (κ2) is 8.36. The van der Waals surface area contributed by atoms with Crippen LogP contribution in [0.4, 0.5) is 0 Å². The fourth-order valence-corrected chi connectivity index (χ4v) is 2.21. The largest absolute Gasteiger partial charge is 0.483 e. The molecule has 0 atom stereocenters. The molecule has 2 aromatic rings. The summed E-state index contributed by atoms with van der Waals surface area (Å²) >= 11 is 0. The van der Waals surface area contributed by atoms with Crippen molar-refractivity contribution in [1.29, 1.82) is 0 Å². The summed E-state index contributed by atoms with van der Waals surface area (Å²) in [6.45, 7) is 12.4. The molecule has 0 aliphatic heterocycles. The number of carbonyl (C=O) groups excluding carboxylic acids is 2. The van der Waals surface area contributed by atoms with Crippen molar-refractivity contribution in [2.45, 2.75) is 26.4 Å². The SMILES string of the molecule is C=CC(=O)Oc1ccc(OC(C)(C)c2ccc(OC(=O)C(=C)C)cc2)cc1. The van der Waals surface area contributed by atoms with E-state index in [0.29, 0.717) is 22.8 Å². The van der Waals surface area contributed by atoms with Crippen LogP contribution in [0.5, 0.6) is 17.2 Å². The van der Waals surface area contributed by atoms with E-state index in [0.717, 1.165) is 11.6 Å². The molecule has 2 aromatic carbocycles. The van der Waals surface area contributed by atoms with Crippen LogP contribution < -0.4 is 14.2 Å². The third kappa shape index (κ3) is 5.57. The number of hydrogen-bond acceptors (Lipinski definition) is 5. The van der Waals surface area contributed by atoms with E-state index in [1.807, 2.05) is 26.0 Å². The van der Waals surface area contributed by atoms with Crippen LogP contribution in [0.15, 0.2) is 73.3 Å². The topological polar surface area (TPSA) is 61.8 Å². The molecular weight excluding hydrogens is 344 g/mol. The van der Waals surface area contributed by atoms with Gasteiger partial charge in [-0.2, -0.15) is 0 Å². The summed E-state index contributed by atoms with van der Waals surface area (Å²) in [4.78, 5) is 22.8. The van der Waals surface area contributed by atoms with Gasteiger partial charge in [-0.15, -0.1) is 0 Å². The lowest BCUT2D eigenvalue weighted by Gasteiger charge is -2.27. The third-order valence-electron chi connectivity index (χ3n) is 3.69. The molecule has 0 unspecified atom stereocenters. The van der Waals surface area contributed by atoms with Gasteiger partial charge in [0.2, 0.25) is 0 Å². The van der Waals surface area contributed by atoms with Crippen LogP contribution in [0.2, 0.25) is 0 Å². The molecule has 0 aliphatic rings. The van der Waals surface area contributed by atoms with Gasteiger partial charge in [-0.25, -0.2) is 9.59 Å². The maximum Gasteiger partial charge on any atom is 0.338 e. The Hall–Kier alpha value is -3.34. The zero-order valence-electron chi connectivity index (χ0n) is 15.7. The van der Waals surface area contributed by atoms with Gasteiger partial charge in [0.25, 0.3) is 0 Å². The van der Waals surface area contributed by atoms with E-state index in [1.165, 1.54) is 0 Å². The van der Waals surface area contributed by atoms with Crippen molar-refractivity contribution in [3.63, 3.8) is 0 Å². The van der Waals surface area contributed by atoms with Crippen LogP contribution in [-0.2, 0) is 15.2 Å². The second-order valence-corrected chi connectivity index (χ2v) is 6.40. The van der Waals surface area contributed by atoms with Crippen LogP contribution >= 0.6 is 0 Å². The summed E-state index contributed by atoms with van der Waals surface area (Å²) in [6.07, 6.45) is 1.10. The first-order chi connectivity index (χ1) is 12.7. The first-order valence-corrected chi connectivity index (χ1v) is 8.33. The highest BCUT2D eigenvalue weighted by Crippen LogP contribution is 2.30. The molecule has 0 bridgehead atoms. The average molecular weight is 366 g/mol. The van der Waals surface area contributed by atoms with Crippen LogP contribution in [0.25, 0.3) is 0 Å². The zero-order chi connectivity index (χ0) is 20.0. The standard InChI is InChI=1S/C22H22O5/c1-6-20(23)25-17-11-13-19(14-12-17)27-22(4,5)16-7-9-18(10-8-16)26-21(24)15(2)3/h6-14H,1-2H2,3-5H3. The van der Waals surface area contributed by atoms with Gasteiger partial charge in [0.1, 0.15) is 22.8 Å². The molecule has 5 heteroatoms. The summed E-state index contributed by atoms with van der Waals surface area (Å²) < 4.78 is 16.3. The van der Waals surface area contributed by atoms with Gasteiger partial charge in [0.15, 0.2) is 0 Å². The van der Waals surface area contributed by atoms with Crippen molar-refractivity contribution >= 4 is 11.9 Å². The van der Waals surface area contributed by atoms with E-state index < -0.39 is 17.5 Å². The Kier molecular flexibility index (Phi) is 6.19. The normalized spacial score (nSPS) is 10.6. The predicted octanol–water partition coefficient (Wildman–Crippen LogP) is 4.57. The highest BCUT2D eigenvalue weighted by Gasteiger charge is 2.23. The van der Waals surface area contributed by atoms with Gasteiger partial charge in [-0.05, 0) is 62.7 Å². The quantitative estimate of drug-likeness (QED) is 0.408. The van der Waals surface area contributed by atoms with E-state index in [2.05, 4.69) is 13.2 Å². The Bertz CT molecular complexity index is 845. The smallest absolute Gasteiger partial charge is 0.338 e. The lowest BCUT2D eigenvalue weighted by Crippen LogP contribution is -2.25. The third-order valence-corrected chi connectivity index (χ3v) is 3.69. The summed E-state index contributed by atoms with van der Waals surface area (Å²) in [7, 11) is 0. The molecule has 0 radical (unpaired) electrons. The lowest BCUT2D eigenvalue weighted by molar-refractivity contribution is -0.130. The fraction of sp³-hybridized carbons (Fsp3) is 0.182. The molecule has 0 spiro atoms. The molecule has 27 heavy (non-hydrogen) atoms. The summed E-state index contributed by atoms with van der Waals surface area (Å²) in [6, 6.07) is 13.8. The number of hydrogen-bond donors (Lipinski definition) is 0. The molecule has 0 aliphatic carbocycles. The molecule has 0 saturated heterocycles. The number of benzene rings is 2. The molecule has 5 nitrogen and oxygen atoms in total. The molecule has 0 N–H and O–H groups in total. The van der Waals surface area contributed by atoms with Gasteiger partial charge in [-0.1, -0.05) is 25.3 Å². The maximum atomic E-state index is 11.6. The minimum Gasteiger partial charge on any atom is -0.483 e. The molecule has 0 fully saturated rings. The van der Waals surface area contributed by atoms with Gasteiger partial charge in [0.05, 0.1) is 0 Å². The predicted molar refractivity (Wildman–Crippen MR) is 103 cm³/mol. The van der Waals surface area contributed by atoms with Crippen LogP contribution in [0.1, 0.15) is 26.3 Å². The number of ether oxygens (including phenoxy) is 3. The highest BCUT2D eigenvalue weighted by molar-refractivity contribution is 5.88. The van der Waals surface area contributed by atoms with Crippen molar-refractivity contribution in [3.05, 3.63) is 78.9 Å². The number of esters is 2. The maximum absolute atomic E-state index is 11.6. The molecule has 0 heterocycles. The van der Waals surface area contributed by atoms with Crippen molar-refractivity contribution in [2.24, 2.45) is 0 Å². The Morgan fingerprint density at radius 1 is 0.889 bits per heavy atom. The fourth-order valence-electron chi connectivity index (χ4n) is 2.21. The highest BCUT2D eigenvalue weighted by atomic mass is 16.5. The Morgan fingerprint density at radius 2 is 1.37 bits per heavy atom. The van der Waals surface area contributed by atoms with E-state index in [1.54, 1.807) is 43.3 Å². The van der Waals surface area contributed by atoms with Crippen LogP contribution in [0.3, 0.4) is 0 Å². The summed E-state index contributed by atoms with van der Waals surface area (Å²) in [5.41, 5.74) is 0.612. The number of carbonyl (C=O) groups is 2. The molecule has 0 aromatic heterocycles. The lowest BCUT2D eigenvalue weighted by atomic mass is 9.98. The molecular formula is C22H22O5. The molecule has 2 rings (SSSR count). The van der Waals surface area contributed by atoms with Crippen molar-refractivity contribution in [3.8, 4) is 17.2 Å². The second-order valence-electron chi connectivity index (χ2n) is 6.40. The van der Waals surface area contributed by atoms with E-state index >= 15 is 0 Å². The zero-order valence-corrected chi connectivity index (χ0v) is 15.7. The van der Waals surface area contributed by atoms with E-state index in [9.17, 15) is 9.59 Å². The Labute approximate surface area is 158 Å². The summed E-state index contributed by atoms with van der Waals surface area (Å²) in [5.74, 6) is 0.493. The van der Waals surface area contributed by atoms with Gasteiger partial charge >= 0.3 is 11.9 Å². The van der Waals surface area contributed by atoms with Gasteiger partial charge in [-0.3, -0.25) is 0 Å². The minimum atomic E-state index is -0.629. The van der Waals surface area contributed by atoms with Gasteiger partial charge in [0, 0.05) is 11.6 Å². The molecule has 140 valence electrons. The Balaban J connectivity index is 2.07. The average Bonchev–Trinajstić information content (AvgIpc) is 2.63. The monoisotopic (exact) mass is 366 g/mol. The van der Waals surface area contributed by atoms with Gasteiger partial charge < -0.3 is 14.2 Å². The molecule has 0 amide bonds. The van der Waals surface area contributed by atoms with E-state index in [4.69, 9.17) is 14.2 Å². The van der Waals surface area contributed by atoms with Crippen molar-refractivity contribution < 1.29 is 23.8 Å². The minimum absolute atomic E-state index is 0.338. The Morgan fingerprint density at radius 3 is 1.89 bits per heavy atom. The van der Waals surface area contributed by atoms with Crippen molar-refractivity contribution in [1.82, 2.24) is 0 Å². The van der Waals surface area contributed by atoms with E-state index in [-0.39, 0.29) is 0 Å².